The van der Waals surface area contributed by atoms with Crippen molar-refractivity contribution in [2.24, 2.45) is 0 Å². The third-order valence-electron chi connectivity index (χ3n) is 2.80. The van der Waals surface area contributed by atoms with Gasteiger partial charge in [-0.15, -0.1) is 0 Å². The maximum atomic E-state index is 5.34. The van der Waals surface area contributed by atoms with Crippen molar-refractivity contribution in [2.75, 3.05) is 36.5 Å². The minimum Gasteiger partial charge on any atom is -0.379 e. The highest BCUT2D eigenvalue weighted by atomic mass is 127. The molecule has 0 saturated carbocycles. The number of anilines is 1. The Morgan fingerprint density at radius 2 is 1.88 bits per heavy atom. The van der Waals surface area contributed by atoms with Gasteiger partial charge in [-0.3, -0.25) is 4.90 Å². The van der Waals surface area contributed by atoms with Crippen molar-refractivity contribution >= 4 is 28.6 Å². The van der Waals surface area contributed by atoms with E-state index in [-0.39, 0.29) is 0 Å². The van der Waals surface area contributed by atoms with E-state index >= 15 is 0 Å². The van der Waals surface area contributed by atoms with Crippen LogP contribution in [-0.2, 0) is 11.3 Å². The Labute approximate surface area is 111 Å². The molecule has 1 aromatic rings. The van der Waals surface area contributed by atoms with Crippen molar-refractivity contribution in [2.45, 2.75) is 6.54 Å². The molecule has 88 valence electrons. The van der Waals surface area contributed by atoms with Crippen LogP contribution >= 0.6 is 22.9 Å². The van der Waals surface area contributed by atoms with Crippen molar-refractivity contribution in [3.63, 3.8) is 0 Å². The molecule has 0 atom stereocenters. The van der Waals surface area contributed by atoms with E-state index in [2.05, 4.69) is 62.2 Å². The molecule has 0 unspecified atom stereocenters. The first kappa shape index (κ1) is 12.1. The van der Waals surface area contributed by atoms with E-state index < -0.39 is 0 Å². The molecule has 0 bridgehead atoms. The molecule has 0 spiro atoms. The maximum absolute atomic E-state index is 5.34. The molecule has 2 rings (SSSR count). The molecule has 0 amide bonds. The van der Waals surface area contributed by atoms with Gasteiger partial charge in [-0.25, -0.2) is 0 Å². The zero-order chi connectivity index (χ0) is 11.4. The predicted octanol–water partition coefficient (Wildman–Crippen LogP) is 2.31. The van der Waals surface area contributed by atoms with E-state index in [1.807, 2.05) is 0 Å². The van der Waals surface area contributed by atoms with E-state index in [1.54, 1.807) is 0 Å². The SMILES string of the molecule is CN(I)c1ccc(CN2CCOCC2)cc1. The van der Waals surface area contributed by atoms with Gasteiger partial charge >= 0.3 is 0 Å². The summed E-state index contributed by atoms with van der Waals surface area (Å²) in [6.45, 7) is 4.87. The normalized spacial score (nSPS) is 17.4. The van der Waals surface area contributed by atoms with Gasteiger partial charge in [0.15, 0.2) is 0 Å². The smallest absolute Gasteiger partial charge is 0.0594 e. The lowest BCUT2D eigenvalue weighted by atomic mass is 10.2. The number of hydrogen-bond donors (Lipinski definition) is 0. The number of ether oxygens (including phenoxy) is 1. The molecule has 1 aliphatic rings. The number of nitrogens with zero attached hydrogens (tertiary/aromatic N) is 2. The number of rotatable bonds is 3. The summed E-state index contributed by atoms with van der Waals surface area (Å²) < 4.78 is 7.43. The van der Waals surface area contributed by atoms with E-state index in [9.17, 15) is 0 Å². The van der Waals surface area contributed by atoms with Gasteiger partial charge in [-0.1, -0.05) is 12.1 Å². The molecule has 1 saturated heterocycles. The number of hydrogen-bond acceptors (Lipinski definition) is 3. The van der Waals surface area contributed by atoms with Gasteiger partial charge in [0, 0.05) is 32.4 Å². The monoisotopic (exact) mass is 332 g/mol. The van der Waals surface area contributed by atoms with Crippen molar-refractivity contribution in [1.29, 1.82) is 0 Å². The van der Waals surface area contributed by atoms with Crippen molar-refractivity contribution in [3.8, 4) is 0 Å². The fourth-order valence-electron chi connectivity index (χ4n) is 1.82. The molecule has 1 aliphatic heterocycles. The van der Waals surface area contributed by atoms with Gasteiger partial charge < -0.3 is 7.85 Å². The van der Waals surface area contributed by atoms with Gasteiger partial charge in [0.05, 0.1) is 36.1 Å². The molecular weight excluding hydrogens is 315 g/mol. The van der Waals surface area contributed by atoms with Crippen LogP contribution in [-0.4, -0.2) is 38.3 Å². The third kappa shape index (κ3) is 3.33. The Bertz CT molecular complexity index is 320. The first-order chi connectivity index (χ1) is 7.75. The zero-order valence-electron chi connectivity index (χ0n) is 9.53. The first-order valence-electron chi connectivity index (χ1n) is 5.54. The van der Waals surface area contributed by atoms with Crippen LogP contribution in [0.15, 0.2) is 24.3 Å². The Kier molecular flexibility index (Phi) is 4.43. The van der Waals surface area contributed by atoms with Gasteiger partial charge in [0.1, 0.15) is 0 Å². The largest absolute Gasteiger partial charge is 0.379 e. The lowest BCUT2D eigenvalue weighted by Gasteiger charge is -2.26. The molecule has 1 fully saturated rings. The fourth-order valence-corrected chi connectivity index (χ4v) is 2.15. The minimum absolute atomic E-state index is 0.870. The van der Waals surface area contributed by atoms with E-state index in [4.69, 9.17) is 4.74 Å². The summed E-state index contributed by atoms with van der Waals surface area (Å²) in [7, 11) is 2.05. The average Bonchev–Trinajstić information content (AvgIpc) is 2.31. The average molecular weight is 332 g/mol. The van der Waals surface area contributed by atoms with Crippen LogP contribution in [0.2, 0.25) is 0 Å². The molecule has 4 heteroatoms. The summed E-state index contributed by atoms with van der Waals surface area (Å²) in [5.41, 5.74) is 2.62. The van der Waals surface area contributed by atoms with Crippen molar-refractivity contribution < 1.29 is 4.74 Å². The summed E-state index contributed by atoms with van der Waals surface area (Å²) in [5, 5.41) is 0. The van der Waals surface area contributed by atoms with Gasteiger partial charge in [-0.2, -0.15) is 0 Å². The molecule has 0 aliphatic carbocycles. The van der Waals surface area contributed by atoms with Gasteiger partial charge in [-0.05, 0) is 17.7 Å². The van der Waals surface area contributed by atoms with Gasteiger partial charge in [0.25, 0.3) is 0 Å². The number of benzene rings is 1. The van der Waals surface area contributed by atoms with E-state index in [0.717, 1.165) is 32.8 Å². The highest BCUT2D eigenvalue weighted by molar-refractivity contribution is 14.1. The molecule has 1 aromatic carbocycles. The minimum atomic E-state index is 0.870. The number of halogens is 1. The van der Waals surface area contributed by atoms with E-state index in [0.29, 0.717) is 0 Å². The summed E-state index contributed by atoms with van der Waals surface area (Å²) in [5.74, 6) is 0. The first-order valence-corrected chi connectivity index (χ1v) is 6.51. The summed E-state index contributed by atoms with van der Waals surface area (Å²) in [6.07, 6.45) is 0. The van der Waals surface area contributed by atoms with E-state index in [1.165, 1.54) is 11.3 Å². The second kappa shape index (κ2) is 5.84. The lowest BCUT2D eigenvalue weighted by Crippen LogP contribution is -2.35. The second-order valence-corrected chi connectivity index (χ2v) is 5.48. The molecule has 0 radical (unpaired) electrons. The molecule has 1 heterocycles. The van der Waals surface area contributed by atoms with Crippen LogP contribution in [0.4, 0.5) is 5.69 Å². The quantitative estimate of drug-likeness (QED) is 0.624. The predicted molar refractivity (Wildman–Crippen MR) is 75.0 cm³/mol. The van der Waals surface area contributed by atoms with Crippen LogP contribution in [0.3, 0.4) is 0 Å². The number of morpholine rings is 1. The maximum Gasteiger partial charge on any atom is 0.0594 e. The summed E-state index contributed by atoms with van der Waals surface area (Å²) in [4.78, 5) is 2.44. The molecule has 3 nitrogen and oxygen atoms in total. The highest BCUT2D eigenvalue weighted by Gasteiger charge is 2.10. The standard InChI is InChI=1S/C12H17IN2O/c1-14(13)12-4-2-11(3-5-12)10-15-6-8-16-9-7-15/h2-5H,6-10H2,1H3. The van der Waals surface area contributed by atoms with Crippen molar-refractivity contribution in [3.05, 3.63) is 29.8 Å². The summed E-state index contributed by atoms with van der Waals surface area (Å²) >= 11 is 2.28. The molecular formula is C12H17IN2O. The Hall–Kier alpha value is -0.330. The highest BCUT2D eigenvalue weighted by Crippen LogP contribution is 2.17. The van der Waals surface area contributed by atoms with Crippen LogP contribution in [0.25, 0.3) is 0 Å². The molecule has 16 heavy (non-hydrogen) atoms. The van der Waals surface area contributed by atoms with Crippen LogP contribution in [0.5, 0.6) is 0 Å². The zero-order valence-corrected chi connectivity index (χ0v) is 11.7. The second-order valence-electron chi connectivity index (χ2n) is 4.03. The fraction of sp³-hybridized carbons (Fsp3) is 0.500. The molecule has 0 N–H and O–H groups in total. The molecule has 0 aromatic heterocycles. The third-order valence-corrected chi connectivity index (χ3v) is 3.36. The van der Waals surface area contributed by atoms with Crippen LogP contribution in [0, 0.1) is 0 Å². The Balaban J connectivity index is 1.93. The Morgan fingerprint density at radius 1 is 1.25 bits per heavy atom. The summed E-state index contributed by atoms with van der Waals surface area (Å²) in [6, 6.07) is 8.75. The van der Waals surface area contributed by atoms with Crippen LogP contribution < -0.4 is 3.11 Å². The lowest BCUT2D eigenvalue weighted by molar-refractivity contribution is 0.0342. The van der Waals surface area contributed by atoms with Crippen LogP contribution in [0.1, 0.15) is 5.56 Å². The van der Waals surface area contributed by atoms with Gasteiger partial charge in [0.2, 0.25) is 0 Å². The Morgan fingerprint density at radius 3 is 2.44 bits per heavy atom. The van der Waals surface area contributed by atoms with Crippen molar-refractivity contribution in [1.82, 2.24) is 4.90 Å². The topological polar surface area (TPSA) is 15.7 Å².